The number of nitrogen functional groups attached to an aromatic ring is 1. The van der Waals surface area contributed by atoms with Crippen LogP contribution in [-0.4, -0.2) is 26.2 Å². The molecule has 0 aliphatic rings. The van der Waals surface area contributed by atoms with Crippen molar-refractivity contribution in [3.05, 3.63) is 95.1 Å². The highest BCUT2D eigenvalue weighted by Gasteiger charge is 2.16. The predicted octanol–water partition coefficient (Wildman–Crippen LogP) is 4.20. The molecular formula is C25H21FN6O2. The SMILES string of the molecule is Nc1ncnc(NCCCc2cc3cccc(F)c3c(=O)n2-c2ccccc2)c1-c1ccon1. The number of hydrogen-bond donors (Lipinski definition) is 2. The van der Waals surface area contributed by atoms with Gasteiger partial charge in [0.25, 0.3) is 5.56 Å². The van der Waals surface area contributed by atoms with Gasteiger partial charge in [-0.1, -0.05) is 35.5 Å². The molecule has 0 unspecified atom stereocenters. The number of nitrogens with zero attached hydrogens (tertiary/aromatic N) is 4. The van der Waals surface area contributed by atoms with Gasteiger partial charge in [-0.15, -0.1) is 0 Å². The van der Waals surface area contributed by atoms with Crippen molar-refractivity contribution < 1.29 is 8.91 Å². The number of nitrogens with one attached hydrogen (secondary N) is 1. The van der Waals surface area contributed by atoms with E-state index in [1.54, 1.807) is 22.8 Å². The summed E-state index contributed by atoms with van der Waals surface area (Å²) in [5.41, 5.74) is 8.24. The number of halogens is 1. The summed E-state index contributed by atoms with van der Waals surface area (Å²) in [5.74, 6) is 0.311. The van der Waals surface area contributed by atoms with Crippen LogP contribution in [0.3, 0.4) is 0 Å². The van der Waals surface area contributed by atoms with E-state index in [1.807, 2.05) is 36.4 Å². The number of rotatable bonds is 7. The summed E-state index contributed by atoms with van der Waals surface area (Å²) in [6, 6.07) is 17.5. The zero-order chi connectivity index (χ0) is 23.5. The normalized spacial score (nSPS) is 11.1. The third-order valence-electron chi connectivity index (χ3n) is 5.56. The van der Waals surface area contributed by atoms with Crippen LogP contribution in [0.2, 0.25) is 0 Å². The summed E-state index contributed by atoms with van der Waals surface area (Å²) in [5, 5.41) is 7.87. The van der Waals surface area contributed by atoms with Crippen molar-refractivity contribution in [1.82, 2.24) is 19.7 Å². The average molecular weight is 456 g/mol. The van der Waals surface area contributed by atoms with Crippen LogP contribution in [-0.2, 0) is 6.42 Å². The first kappa shape index (κ1) is 21.3. The van der Waals surface area contributed by atoms with Crippen LogP contribution in [0.25, 0.3) is 27.7 Å². The first-order valence-electron chi connectivity index (χ1n) is 10.8. The van der Waals surface area contributed by atoms with E-state index >= 15 is 0 Å². The third-order valence-corrected chi connectivity index (χ3v) is 5.56. The molecule has 3 heterocycles. The molecular weight excluding hydrogens is 435 g/mol. The second-order valence-electron chi connectivity index (χ2n) is 7.71. The van der Waals surface area contributed by atoms with Gasteiger partial charge in [0.05, 0.1) is 10.9 Å². The molecule has 0 bridgehead atoms. The highest BCUT2D eigenvalue weighted by molar-refractivity contribution is 5.83. The van der Waals surface area contributed by atoms with Crippen molar-refractivity contribution in [3.63, 3.8) is 0 Å². The number of aryl methyl sites for hydroxylation is 1. The molecule has 5 aromatic rings. The first-order valence-corrected chi connectivity index (χ1v) is 10.8. The fourth-order valence-corrected chi connectivity index (χ4v) is 4.02. The van der Waals surface area contributed by atoms with Gasteiger partial charge >= 0.3 is 0 Å². The Bertz CT molecular complexity index is 1500. The van der Waals surface area contributed by atoms with E-state index in [9.17, 15) is 9.18 Å². The highest BCUT2D eigenvalue weighted by atomic mass is 19.1. The maximum atomic E-state index is 14.5. The maximum absolute atomic E-state index is 14.5. The molecule has 0 radical (unpaired) electrons. The Morgan fingerprint density at radius 1 is 1.06 bits per heavy atom. The Labute approximate surface area is 193 Å². The van der Waals surface area contributed by atoms with Crippen LogP contribution in [0.4, 0.5) is 16.0 Å². The fourth-order valence-electron chi connectivity index (χ4n) is 4.02. The Morgan fingerprint density at radius 2 is 1.91 bits per heavy atom. The molecule has 0 aliphatic carbocycles. The third kappa shape index (κ3) is 3.99. The first-order chi connectivity index (χ1) is 16.6. The van der Waals surface area contributed by atoms with Crippen LogP contribution < -0.4 is 16.6 Å². The lowest BCUT2D eigenvalue weighted by Crippen LogP contribution is -2.23. The summed E-state index contributed by atoms with van der Waals surface area (Å²) in [7, 11) is 0. The second kappa shape index (κ2) is 9.14. The number of para-hydroxylation sites is 1. The average Bonchev–Trinajstić information content (AvgIpc) is 3.37. The Kier molecular flexibility index (Phi) is 5.73. The summed E-state index contributed by atoms with van der Waals surface area (Å²) < 4.78 is 21.0. The van der Waals surface area contributed by atoms with Crippen LogP contribution in [0.1, 0.15) is 12.1 Å². The monoisotopic (exact) mass is 456 g/mol. The Morgan fingerprint density at radius 3 is 2.71 bits per heavy atom. The number of nitrogens with two attached hydrogens (primary N) is 1. The number of benzene rings is 2. The lowest BCUT2D eigenvalue weighted by molar-refractivity contribution is 0.422. The van der Waals surface area contributed by atoms with Gasteiger partial charge in [0, 0.05) is 24.0 Å². The Hall–Kier alpha value is -4.53. The van der Waals surface area contributed by atoms with Gasteiger partial charge in [0.1, 0.15) is 35.7 Å². The zero-order valence-corrected chi connectivity index (χ0v) is 18.1. The number of fused-ring (bicyclic) bond motifs is 1. The molecule has 0 spiro atoms. The Balaban J connectivity index is 1.43. The van der Waals surface area contributed by atoms with Crippen molar-refractivity contribution >= 4 is 22.4 Å². The van der Waals surface area contributed by atoms with Gasteiger partial charge in [-0.05, 0) is 42.5 Å². The molecule has 9 heteroatoms. The molecule has 8 nitrogen and oxygen atoms in total. The summed E-state index contributed by atoms with van der Waals surface area (Å²) in [4.78, 5) is 21.6. The van der Waals surface area contributed by atoms with Crippen molar-refractivity contribution in [2.45, 2.75) is 12.8 Å². The predicted molar refractivity (Wildman–Crippen MR) is 128 cm³/mol. The minimum absolute atomic E-state index is 0.0851. The van der Waals surface area contributed by atoms with Gasteiger partial charge in [0.15, 0.2) is 0 Å². The van der Waals surface area contributed by atoms with Crippen LogP contribution in [0.15, 0.2) is 82.6 Å². The molecule has 3 N–H and O–H groups in total. The molecule has 0 saturated carbocycles. The van der Waals surface area contributed by atoms with E-state index in [1.165, 1.54) is 18.7 Å². The van der Waals surface area contributed by atoms with Gasteiger partial charge < -0.3 is 15.6 Å². The zero-order valence-electron chi connectivity index (χ0n) is 18.1. The molecule has 3 aromatic heterocycles. The van der Waals surface area contributed by atoms with E-state index in [-0.39, 0.29) is 10.9 Å². The molecule has 170 valence electrons. The van der Waals surface area contributed by atoms with E-state index < -0.39 is 5.82 Å². The highest BCUT2D eigenvalue weighted by Crippen LogP contribution is 2.29. The smallest absolute Gasteiger partial charge is 0.266 e. The van der Waals surface area contributed by atoms with Crippen molar-refractivity contribution in [3.8, 4) is 16.9 Å². The topological polar surface area (TPSA) is 112 Å². The minimum Gasteiger partial charge on any atom is -0.383 e. The molecule has 5 rings (SSSR count). The second-order valence-corrected chi connectivity index (χ2v) is 7.71. The van der Waals surface area contributed by atoms with E-state index in [0.29, 0.717) is 53.4 Å². The van der Waals surface area contributed by atoms with Crippen molar-refractivity contribution in [1.29, 1.82) is 0 Å². The van der Waals surface area contributed by atoms with Crippen molar-refractivity contribution in [2.24, 2.45) is 0 Å². The molecule has 34 heavy (non-hydrogen) atoms. The van der Waals surface area contributed by atoms with Gasteiger partial charge in [-0.3, -0.25) is 9.36 Å². The molecule has 0 atom stereocenters. The number of aromatic nitrogens is 4. The van der Waals surface area contributed by atoms with Gasteiger partial charge in [-0.2, -0.15) is 0 Å². The molecule has 0 amide bonds. The van der Waals surface area contributed by atoms with Gasteiger partial charge in [0.2, 0.25) is 0 Å². The molecule has 0 fully saturated rings. The summed E-state index contributed by atoms with van der Waals surface area (Å²) in [6.07, 6.45) is 4.09. The number of anilines is 2. The van der Waals surface area contributed by atoms with E-state index in [4.69, 9.17) is 10.3 Å². The number of hydrogen-bond acceptors (Lipinski definition) is 7. The lowest BCUT2D eigenvalue weighted by Gasteiger charge is -2.16. The summed E-state index contributed by atoms with van der Waals surface area (Å²) >= 11 is 0. The molecule has 2 aromatic carbocycles. The van der Waals surface area contributed by atoms with Crippen LogP contribution in [0.5, 0.6) is 0 Å². The largest absolute Gasteiger partial charge is 0.383 e. The van der Waals surface area contributed by atoms with Crippen LogP contribution >= 0.6 is 0 Å². The maximum Gasteiger partial charge on any atom is 0.266 e. The number of pyridine rings is 1. The van der Waals surface area contributed by atoms with Crippen LogP contribution in [0, 0.1) is 5.82 Å². The minimum atomic E-state index is -0.526. The van der Waals surface area contributed by atoms with E-state index in [2.05, 4.69) is 20.4 Å². The van der Waals surface area contributed by atoms with Crippen molar-refractivity contribution in [2.75, 3.05) is 17.6 Å². The van der Waals surface area contributed by atoms with E-state index in [0.717, 1.165) is 5.69 Å². The quantitative estimate of drug-likeness (QED) is 0.353. The molecule has 0 saturated heterocycles. The summed E-state index contributed by atoms with van der Waals surface area (Å²) in [6.45, 7) is 0.547. The lowest BCUT2D eigenvalue weighted by atomic mass is 10.1. The molecule has 0 aliphatic heterocycles. The fraction of sp³-hybridized carbons (Fsp3) is 0.120. The standard InChI is InChI=1S/C25H21FN6O2/c26-19-10-4-6-16-14-18(32(25(33)21(16)19)17-7-2-1-3-8-17)9-5-12-28-24-22(20-11-13-34-31-20)23(27)29-15-30-24/h1-4,6-8,10-11,13-15H,5,9,12H2,(H3,27,28,29,30). The van der Waals surface area contributed by atoms with Gasteiger partial charge in [-0.25, -0.2) is 14.4 Å².